The topological polar surface area (TPSA) is 51.3 Å². The van der Waals surface area contributed by atoms with Gasteiger partial charge in [0.25, 0.3) is 5.91 Å². The van der Waals surface area contributed by atoms with Gasteiger partial charge < -0.3 is 15.2 Å². The molecule has 1 aromatic heterocycles. The summed E-state index contributed by atoms with van der Waals surface area (Å²) < 4.78 is 3.02. The van der Waals surface area contributed by atoms with E-state index in [2.05, 4.69) is 22.9 Å². The summed E-state index contributed by atoms with van der Waals surface area (Å²) in [6, 6.07) is 1.92. The number of hydrogen-bond acceptors (Lipinski definition) is 2. The number of piperidine rings is 1. The van der Waals surface area contributed by atoms with E-state index in [9.17, 15) is 4.79 Å². The smallest absolute Gasteiger partial charge is 0.270 e. The lowest BCUT2D eigenvalue weighted by atomic mass is 9.97. The second-order valence-electron chi connectivity index (χ2n) is 5.21. The summed E-state index contributed by atoms with van der Waals surface area (Å²) >= 11 is 3.46. The molecule has 1 fully saturated rings. The molecular formula is C14H22BrN3O. The highest BCUT2D eigenvalue weighted by Gasteiger charge is 2.24. The maximum atomic E-state index is 12.6. The van der Waals surface area contributed by atoms with Crippen LogP contribution in [0.25, 0.3) is 0 Å². The fraction of sp³-hybridized carbons (Fsp3) is 0.643. The van der Waals surface area contributed by atoms with Gasteiger partial charge in [-0.05, 0) is 53.7 Å². The molecule has 1 aliphatic heterocycles. The largest absolute Gasteiger partial charge is 0.342 e. The van der Waals surface area contributed by atoms with E-state index < -0.39 is 0 Å². The third-order valence-corrected chi connectivity index (χ3v) is 4.22. The van der Waals surface area contributed by atoms with Crippen LogP contribution in [0.15, 0.2) is 16.7 Å². The summed E-state index contributed by atoms with van der Waals surface area (Å²) in [6.07, 6.45) is 5.07. The molecule has 5 heteroatoms. The van der Waals surface area contributed by atoms with E-state index in [0.717, 1.165) is 55.6 Å². The van der Waals surface area contributed by atoms with Gasteiger partial charge in [-0.15, -0.1) is 0 Å². The van der Waals surface area contributed by atoms with Crippen molar-refractivity contribution in [3.63, 3.8) is 0 Å². The molecule has 0 unspecified atom stereocenters. The second kappa shape index (κ2) is 6.57. The van der Waals surface area contributed by atoms with Crippen LogP contribution >= 0.6 is 15.9 Å². The van der Waals surface area contributed by atoms with Crippen molar-refractivity contribution >= 4 is 21.8 Å². The molecule has 0 saturated carbocycles. The Morgan fingerprint density at radius 1 is 1.47 bits per heavy atom. The highest BCUT2D eigenvalue weighted by atomic mass is 79.9. The number of carbonyl (C=O) groups is 1. The molecule has 2 N–H and O–H groups in total. The Labute approximate surface area is 123 Å². The van der Waals surface area contributed by atoms with E-state index in [-0.39, 0.29) is 5.91 Å². The molecule has 0 radical (unpaired) electrons. The first-order valence-corrected chi connectivity index (χ1v) is 7.80. The van der Waals surface area contributed by atoms with Crippen molar-refractivity contribution in [3.05, 3.63) is 22.4 Å². The molecule has 2 rings (SSSR count). The Balaban J connectivity index is 2.07. The molecule has 1 amide bonds. The predicted molar refractivity (Wildman–Crippen MR) is 80.1 cm³/mol. The fourth-order valence-corrected chi connectivity index (χ4v) is 3.08. The molecule has 0 aromatic carbocycles. The summed E-state index contributed by atoms with van der Waals surface area (Å²) in [4.78, 5) is 14.5. The number of nitrogens with two attached hydrogens (primary N) is 1. The van der Waals surface area contributed by atoms with Crippen LogP contribution in [0.1, 0.15) is 36.7 Å². The van der Waals surface area contributed by atoms with E-state index in [4.69, 9.17) is 5.73 Å². The van der Waals surface area contributed by atoms with Gasteiger partial charge in [0.1, 0.15) is 5.69 Å². The molecular weight excluding hydrogens is 306 g/mol. The molecule has 0 bridgehead atoms. The maximum absolute atomic E-state index is 12.6. The summed E-state index contributed by atoms with van der Waals surface area (Å²) in [7, 11) is 0. The zero-order valence-corrected chi connectivity index (χ0v) is 13.0. The van der Waals surface area contributed by atoms with Crippen molar-refractivity contribution in [1.82, 2.24) is 9.47 Å². The van der Waals surface area contributed by atoms with Crippen LogP contribution in [-0.4, -0.2) is 35.0 Å². The van der Waals surface area contributed by atoms with Gasteiger partial charge in [-0.2, -0.15) is 0 Å². The van der Waals surface area contributed by atoms with Crippen LogP contribution in [0.2, 0.25) is 0 Å². The van der Waals surface area contributed by atoms with Crippen molar-refractivity contribution in [2.45, 2.75) is 32.7 Å². The Hall–Kier alpha value is -0.810. The highest BCUT2D eigenvalue weighted by Crippen LogP contribution is 2.21. The molecule has 0 atom stereocenters. The zero-order chi connectivity index (χ0) is 13.8. The SMILES string of the molecule is CCCn1cc(Br)cc1C(=O)N1CCC(CN)CC1. The molecule has 106 valence electrons. The summed E-state index contributed by atoms with van der Waals surface area (Å²) in [6.45, 7) is 5.39. The van der Waals surface area contributed by atoms with Crippen molar-refractivity contribution in [3.8, 4) is 0 Å². The van der Waals surface area contributed by atoms with Crippen molar-refractivity contribution < 1.29 is 4.79 Å². The average Bonchev–Trinajstić information content (AvgIpc) is 2.79. The first-order chi connectivity index (χ1) is 9.15. The number of hydrogen-bond donors (Lipinski definition) is 1. The molecule has 1 aliphatic rings. The number of carbonyl (C=O) groups excluding carboxylic acids is 1. The normalized spacial score (nSPS) is 16.9. The second-order valence-corrected chi connectivity index (χ2v) is 6.12. The Bertz CT molecular complexity index is 436. The van der Waals surface area contributed by atoms with Gasteiger partial charge >= 0.3 is 0 Å². The van der Waals surface area contributed by atoms with Gasteiger partial charge in [-0.25, -0.2) is 0 Å². The first kappa shape index (κ1) is 14.6. The summed E-state index contributed by atoms with van der Waals surface area (Å²) in [5, 5.41) is 0. The van der Waals surface area contributed by atoms with Crippen molar-refractivity contribution in [2.75, 3.05) is 19.6 Å². The van der Waals surface area contributed by atoms with E-state index in [1.807, 2.05) is 21.7 Å². The molecule has 19 heavy (non-hydrogen) atoms. The first-order valence-electron chi connectivity index (χ1n) is 7.00. The zero-order valence-electron chi connectivity index (χ0n) is 11.4. The number of amides is 1. The minimum Gasteiger partial charge on any atom is -0.342 e. The Morgan fingerprint density at radius 2 is 2.16 bits per heavy atom. The van der Waals surface area contributed by atoms with E-state index in [0.29, 0.717) is 5.92 Å². The monoisotopic (exact) mass is 327 g/mol. The van der Waals surface area contributed by atoms with Gasteiger partial charge in [-0.3, -0.25) is 4.79 Å². The lowest BCUT2D eigenvalue weighted by Crippen LogP contribution is -2.40. The number of aryl methyl sites for hydroxylation is 1. The van der Waals surface area contributed by atoms with Crippen LogP contribution in [-0.2, 0) is 6.54 Å². The van der Waals surface area contributed by atoms with Gasteiger partial charge in [0.2, 0.25) is 0 Å². The molecule has 2 heterocycles. The molecule has 1 saturated heterocycles. The fourth-order valence-electron chi connectivity index (χ4n) is 2.61. The average molecular weight is 328 g/mol. The summed E-state index contributed by atoms with van der Waals surface area (Å²) in [5.74, 6) is 0.729. The quantitative estimate of drug-likeness (QED) is 0.923. The van der Waals surface area contributed by atoms with Crippen LogP contribution in [0.3, 0.4) is 0 Å². The molecule has 1 aromatic rings. The van der Waals surface area contributed by atoms with E-state index in [1.165, 1.54) is 0 Å². The Kier molecular flexibility index (Phi) is 5.05. The van der Waals surface area contributed by atoms with Gasteiger partial charge in [0.15, 0.2) is 0 Å². The number of rotatable bonds is 4. The standard InChI is InChI=1S/C14H22BrN3O/c1-2-5-18-10-12(15)8-13(18)14(19)17-6-3-11(9-16)4-7-17/h8,10-11H,2-7,9,16H2,1H3. The van der Waals surface area contributed by atoms with Crippen molar-refractivity contribution in [2.24, 2.45) is 11.7 Å². The molecule has 4 nitrogen and oxygen atoms in total. The van der Waals surface area contributed by atoms with Gasteiger partial charge in [0.05, 0.1) is 0 Å². The third kappa shape index (κ3) is 3.39. The number of aromatic nitrogens is 1. The minimum atomic E-state index is 0.148. The Morgan fingerprint density at radius 3 is 2.74 bits per heavy atom. The maximum Gasteiger partial charge on any atom is 0.270 e. The van der Waals surface area contributed by atoms with Crippen LogP contribution in [0.4, 0.5) is 0 Å². The highest BCUT2D eigenvalue weighted by molar-refractivity contribution is 9.10. The lowest BCUT2D eigenvalue weighted by molar-refractivity contribution is 0.0682. The van der Waals surface area contributed by atoms with Crippen molar-refractivity contribution in [1.29, 1.82) is 0 Å². The number of likely N-dealkylation sites (tertiary alicyclic amines) is 1. The summed E-state index contributed by atoms with van der Waals surface area (Å²) in [5.41, 5.74) is 6.48. The van der Waals surface area contributed by atoms with Crippen LogP contribution < -0.4 is 5.73 Å². The number of halogens is 1. The molecule has 0 spiro atoms. The van der Waals surface area contributed by atoms with Gasteiger partial charge in [0, 0.05) is 30.3 Å². The van der Waals surface area contributed by atoms with Crippen LogP contribution in [0, 0.1) is 5.92 Å². The van der Waals surface area contributed by atoms with Gasteiger partial charge in [-0.1, -0.05) is 6.92 Å². The third-order valence-electron chi connectivity index (χ3n) is 3.78. The van der Waals surface area contributed by atoms with E-state index in [1.54, 1.807) is 0 Å². The number of nitrogens with zero attached hydrogens (tertiary/aromatic N) is 2. The van der Waals surface area contributed by atoms with E-state index >= 15 is 0 Å². The minimum absolute atomic E-state index is 0.148. The predicted octanol–water partition coefficient (Wildman–Crippen LogP) is 2.47. The lowest BCUT2D eigenvalue weighted by Gasteiger charge is -2.31. The van der Waals surface area contributed by atoms with Crippen LogP contribution in [0.5, 0.6) is 0 Å². The molecule has 0 aliphatic carbocycles.